The van der Waals surface area contributed by atoms with Crippen molar-refractivity contribution in [3.8, 4) is 5.75 Å². The van der Waals surface area contributed by atoms with Crippen molar-refractivity contribution >= 4 is 32.7 Å². The molecule has 0 N–H and O–H groups in total. The monoisotopic (exact) mass is 372 g/mol. The zero-order valence-corrected chi connectivity index (χ0v) is 13.9. The first-order chi connectivity index (χ1) is 11.0. The van der Waals surface area contributed by atoms with Crippen LogP contribution in [0.4, 0.5) is 0 Å². The van der Waals surface area contributed by atoms with Crippen LogP contribution in [0, 0.1) is 0 Å². The first-order valence-corrected chi connectivity index (χ1v) is 7.82. The van der Waals surface area contributed by atoms with Gasteiger partial charge in [0.15, 0.2) is 6.10 Å². The molecule has 1 heterocycles. The first kappa shape index (κ1) is 15.5. The molecule has 0 spiro atoms. The summed E-state index contributed by atoms with van der Waals surface area (Å²) in [6.45, 7) is 1.69. The van der Waals surface area contributed by atoms with Crippen LogP contribution in [0.15, 0.2) is 68.3 Å². The molecule has 0 radical (unpaired) electrons. The maximum atomic E-state index is 12.4. The molecule has 4 nitrogen and oxygen atoms in total. The smallest absolute Gasteiger partial charge is 0.336 e. The molecule has 0 aliphatic heterocycles. The molecule has 116 valence electrons. The zero-order chi connectivity index (χ0) is 16.4. The van der Waals surface area contributed by atoms with Crippen LogP contribution in [-0.2, 0) is 0 Å². The number of rotatable bonds is 4. The molecule has 0 aliphatic carbocycles. The number of ether oxygens (including phenoxy) is 1. The summed E-state index contributed by atoms with van der Waals surface area (Å²) in [6.07, 6.45) is -0.649. The van der Waals surface area contributed by atoms with Gasteiger partial charge in [-0.2, -0.15) is 0 Å². The van der Waals surface area contributed by atoms with Crippen molar-refractivity contribution in [1.29, 1.82) is 0 Å². The molecule has 0 fully saturated rings. The van der Waals surface area contributed by atoms with Crippen molar-refractivity contribution in [2.24, 2.45) is 0 Å². The van der Waals surface area contributed by atoms with Crippen molar-refractivity contribution in [2.45, 2.75) is 13.0 Å². The molecule has 0 aliphatic rings. The summed E-state index contributed by atoms with van der Waals surface area (Å²) >= 11 is 3.34. The lowest BCUT2D eigenvalue weighted by Gasteiger charge is -2.14. The molecular weight excluding hydrogens is 360 g/mol. The summed E-state index contributed by atoms with van der Waals surface area (Å²) in [5.41, 5.74) is 0.583. The summed E-state index contributed by atoms with van der Waals surface area (Å²) in [7, 11) is 0. The third-order valence-electron chi connectivity index (χ3n) is 3.41. The number of carbonyl (C=O) groups excluding carboxylic acids is 1. The van der Waals surface area contributed by atoms with E-state index in [1.807, 2.05) is 12.1 Å². The van der Waals surface area contributed by atoms with Crippen molar-refractivity contribution in [2.75, 3.05) is 0 Å². The van der Waals surface area contributed by atoms with Crippen LogP contribution in [0.5, 0.6) is 5.75 Å². The Hall–Kier alpha value is -2.40. The Morgan fingerprint density at radius 1 is 1.09 bits per heavy atom. The molecule has 5 heteroatoms. The second-order valence-electron chi connectivity index (χ2n) is 5.09. The Bertz CT molecular complexity index is 912. The molecule has 23 heavy (non-hydrogen) atoms. The predicted molar refractivity (Wildman–Crippen MR) is 91.0 cm³/mol. The molecule has 3 rings (SSSR count). The van der Waals surface area contributed by atoms with Crippen LogP contribution in [0.25, 0.3) is 11.0 Å². The summed E-state index contributed by atoms with van der Waals surface area (Å²) in [4.78, 5) is 23.6. The molecule has 0 amide bonds. The van der Waals surface area contributed by atoms with Gasteiger partial charge >= 0.3 is 5.63 Å². The molecular formula is C18H13BrO4. The van der Waals surface area contributed by atoms with Crippen LogP contribution in [-0.4, -0.2) is 11.9 Å². The number of ketones is 1. The maximum Gasteiger partial charge on any atom is 0.336 e. The fourth-order valence-electron chi connectivity index (χ4n) is 2.22. The van der Waals surface area contributed by atoms with Gasteiger partial charge in [0.25, 0.3) is 0 Å². The Balaban J connectivity index is 1.81. The van der Waals surface area contributed by atoms with E-state index in [2.05, 4.69) is 15.9 Å². The fraction of sp³-hybridized carbons (Fsp3) is 0.111. The number of halogens is 1. The second kappa shape index (κ2) is 6.38. The van der Waals surface area contributed by atoms with Crippen molar-refractivity contribution < 1.29 is 13.9 Å². The quantitative estimate of drug-likeness (QED) is 0.508. The van der Waals surface area contributed by atoms with Crippen LogP contribution in [0.3, 0.4) is 0 Å². The average Bonchev–Trinajstić information content (AvgIpc) is 2.54. The van der Waals surface area contributed by atoms with E-state index in [1.165, 1.54) is 6.07 Å². The van der Waals surface area contributed by atoms with Gasteiger partial charge in [-0.05, 0) is 37.3 Å². The lowest BCUT2D eigenvalue weighted by molar-refractivity contribution is 0.0818. The standard InChI is InChI=1S/C18H13BrO4/c1-11(18(21)13-2-6-14(19)7-3-13)22-15-8-4-12-5-9-17(20)23-16(12)10-15/h2-11H,1H3. The van der Waals surface area contributed by atoms with E-state index < -0.39 is 11.7 Å². The molecule has 0 saturated carbocycles. The van der Waals surface area contributed by atoms with Gasteiger partial charge in [0.1, 0.15) is 11.3 Å². The number of carbonyl (C=O) groups is 1. The number of hydrogen-bond acceptors (Lipinski definition) is 4. The maximum absolute atomic E-state index is 12.4. The lowest BCUT2D eigenvalue weighted by atomic mass is 10.1. The van der Waals surface area contributed by atoms with E-state index in [9.17, 15) is 9.59 Å². The number of benzene rings is 2. The van der Waals surface area contributed by atoms with Gasteiger partial charge in [-0.15, -0.1) is 0 Å². The molecule has 1 atom stereocenters. The van der Waals surface area contributed by atoms with Gasteiger partial charge < -0.3 is 9.15 Å². The molecule has 1 aromatic heterocycles. The number of Topliss-reactive ketones (excluding diaryl/α,β-unsaturated/α-hetero) is 1. The summed E-state index contributed by atoms with van der Waals surface area (Å²) in [5, 5.41) is 0.795. The summed E-state index contributed by atoms with van der Waals surface area (Å²) < 4.78 is 11.7. The Morgan fingerprint density at radius 2 is 1.78 bits per heavy atom. The zero-order valence-electron chi connectivity index (χ0n) is 12.3. The van der Waals surface area contributed by atoms with Gasteiger partial charge in [-0.3, -0.25) is 4.79 Å². The van der Waals surface area contributed by atoms with Gasteiger partial charge in [-0.25, -0.2) is 4.79 Å². The van der Waals surface area contributed by atoms with Crippen LogP contribution in [0.1, 0.15) is 17.3 Å². The Kier molecular flexibility index (Phi) is 4.30. The fourth-order valence-corrected chi connectivity index (χ4v) is 2.49. The van der Waals surface area contributed by atoms with Crippen molar-refractivity contribution in [3.63, 3.8) is 0 Å². The van der Waals surface area contributed by atoms with Crippen LogP contribution < -0.4 is 10.4 Å². The summed E-state index contributed by atoms with van der Waals surface area (Å²) in [5.74, 6) is 0.358. The van der Waals surface area contributed by atoms with E-state index in [1.54, 1.807) is 43.3 Å². The normalized spacial score (nSPS) is 12.1. The van der Waals surface area contributed by atoms with E-state index in [0.29, 0.717) is 16.9 Å². The van der Waals surface area contributed by atoms with Crippen LogP contribution >= 0.6 is 15.9 Å². The molecule has 0 bridgehead atoms. The molecule has 3 aromatic rings. The van der Waals surface area contributed by atoms with Gasteiger partial charge in [0.2, 0.25) is 5.78 Å². The van der Waals surface area contributed by atoms with E-state index in [4.69, 9.17) is 9.15 Å². The minimum Gasteiger partial charge on any atom is -0.482 e. The number of hydrogen-bond donors (Lipinski definition) is 0. The first-order valence-electron chi connectivity index (χ1n) is 7.03. The third-order valence-corrected chi connectivity index (χ3v) is 3.93. The molecule has 1 unspecified atom stereocenters. The molecule has 2 aromatic carbocycles. The second-order valence-corrected chi connectivity index (χ2v) is 6.00. The van der Waals surface area contributed by atoms with E-state index in [-0.39, 0.29) is 5.78 Å². The highest BCUT2D eigenvalue weighted by atomic mass is 79.9. The van der Waals surface area contributed by atoms with Crippen LogP contribution in [0.2, 0.25) is 0 Å². The third kappa shape index (κ3) is 3.51. The molecule has 0 saturated heterocycles. The Labute approximate surface area is 140 Å². The largest absolute Gasteiger partial charge is 0.482 e. The van der Waals surface area contributed by atoms with E-state index >= 15 is 0 Å². The van der Waals surface area contributed by atoms with Gasteiger partial charge in [0.05, 0.1) is 0 Å². The van der Waals surface area contributed by atoms with Gasteiger partial charge in [-0.1, -0.05) is 28.1 Å². The number of fused-ring (bicyclic) bond motifs is 1. The Morgan fingerprint density at radius 3 is 2.52 bits per heavy atom. The highest BCUT2D eigenvalue weighted by Crippen LogP contribution is 2.21. The minimum atomic E-state index is -0.649. The topological polar surface area (TPSA) is 56.5 Å². The highest BCUT2D eigenvalue weighted by molar-refractivity contribution is 9.10. The average molecular weight is 373 g/mol. The highest BCUT2D eigenvalue weighted by Gasteiger charge is 2.17. The summed E-state index contributed by atoms with van der Waals surface area (Å²) in [6, 6.07) is 15.3. The minimum absolute atomic E-state index is 0.118. The lowest BCUT2D eigenvalue weighted by Crippen LogP contribution is -2.23. The predicted octanol–water partition coefficient (Wildman–Crippen LogP) is 4.21. The van der Waals surface area contributed by atoms with Gasteiger partial charge in [0, 0.05) is 27.6 Å². The SMILES string of the molecule is CC(Oc1ccc2ccc(=O)oc2c1)C(=O)c1ccc(Br)cc1. The van der Waals surface area contributed by atoms with E-state index in [0.717, 1.165) is 9.86 Å². The van der Waals surface area contributed by atoms with Crippen molar-refractivity contribution in [1.82, 2.24) is 0 Å². The van der Waals surface area contributed by atoms with Crippen molar-refractivity contribution in [3.05, 3.63) is 75.1 Å².